The van der Waals surface area contributed by atoms with Crippen molar-refractivity contribution in [3.8, 4) is 0 Å². The number of carbonyl (C=O) groups is 1. The van der Waals surface area contributed by atoms with Crippen molar-refractivity contribution in [1.82, 2.24) is 9.88 Å². The zero-order valence-electron chi connectivity index (χ0n) is 15.7. The van der Waals surface area contributed by atoms with Gasteiger partial charge in [0.05, 0.1) is 18.1 Å². The van der Waals surface area contributed by atoms with E-state index in [1.807, 2.05) is 0 Å². The van der Waals surface area contributed by atoms with Gasteiger partial charge in [0.25, 0.3) is 5.69 Å². The standard InChI is InChI=1S/C17H26N4O5/c1-13-11-14(21(23)24)12-18-15(13)20(16(22)26-17(2,3)4)6-5-19-7-9-25-10-8-19/h11-12H,5-10H2,1-4H3. The molecular formula is C17H26N4O5. The highest BCUT2D eigenvalue weighted by Gasteiger charge is 2.27. The minimum Gasteiger partial charge on any atom is -0.443 e. The smallest absolute Gasteiger partial charge is 0.416 e. The summed E-state index contributed by atoms with van der Waals surface area (Å²) in [4.78, 5) is 30.9. The molecule has 1 aliphatic rings. The Hall–Kier alpha value is -2.26. The molecule has 0 aliphatic carbocycles. The van der Waals surface area contributed by atoms with Crippen LogP contribution in [-0.4, -0.2) is 65.9 Å². The number of aromatic nitrogens is 1. The monoisotopic (exact) mass is 366 g/mol. The van der Waals surface area contributed by atoms with Gasteiger partial charge in [-0.15, -0.1) is 0 Å². The average molecular weight is 366 g/mol. The highest BCUT2D eigenvalue weighted by atomic mass is 16.6. The molecule has 2 heterocycles. The summed E-state index contributed by atoms with van der Waals surface area (Å²) in [5.41, 5.74) is -0.209. The fourth-order valence-electron chi connectivity index (χ4n) is 2.60. The molecule has 0 saturated carbocycles. The number of nitro groups is 1. The van der Waals surface area contributed by atoms with Gasteiger partial charge in [0, 0.05) is 32.2 Å². The molecule has 1 aromatic heterocycles. The molecule has 1 amide bonds. The van der Waals surface area contributed by atoms with Crippen LogP contribution in [0.4, 0.5) is 16.3 Å². The van der Waals surface area contributed by atoms with Crippen molar-refractivity contribution >= 4 is 17.6 Å². The summed E-state index contributed by atoms with van der Waals surface area (Å²) < 4.78 is 10.8. The van der Waals surface area contributed by atoms with Gasteiger partial charge in [-0.1, -0.05) is 0 Å². The van der Waals surface area contributed by atoms with Gasteiger partial charge in [-0.3, -0.25) is 19.9 Å². The maximum absolute atomic E-state index is 12.7. The second-order valence-corrected chi connectivity index (χ2v) is 7.18. The van der Waals surface area contributed by atoms with E-state index in [-0.39, 0.29) is 5.69 Å². The molecule has 0 N–H and O–H groups in total. The molecule has 1 fully saturated rings. The molecule has 2 rings (SSSR count). The van der Waals surface area contributed by atoms with Gasteiger partial charge in [0.15, 0.2) is 0 Å². The highest BCUT2D eigenvalue weighted by Crippen LogP contribution is 2.23. The Kier molecular flexibility index (Phi) is 6.49. The predicted molar refractivity (Wildman–Crippen MR) is 96.5 cm³/mol. The van der Waals surface area contributed by atoms with Crippen molar-refractivity contribution in [2.75, 3.05) is 44.3 Å². The summed E-state index contributed by atoms with van der Waals surface area (Å²) in [6, 6.07) is 1.41. The second-order valence-electron chi connectivity index (χ2n) is 7.18. The van der Waals surface area contributed by atoms with Gasteiger partial charge in [-0.05, 0) is 33.3 Å². The third kappa shape index (κ3) is 5.63. The first-order valence-electron chi connectivity index (χ1n) is 8.59. The van der Waals surface area contributed by atoms with Crippen molar-refractivity contribution in [3.63, 3.8) is 0 Å². The Labute approximate surface area is 153 Å². The van der Waals surface area contributed by atoms with Gasteiger partial charge in [-0.2, -0.15) is 0 Å². The molecule has 9 nitrogen and oxygen atoms in total. The van der Waals surface area contributed by atoms with Crippen molar-refractivity contribution in [2.45, 2.75) is 33.3 Å². The fraction of sp³-hybridized carbons (Fsp3) is 0.647. The maximum atomic E-state index is 12.7. The summed E-state index contributed by atoms with van der Waals surface area (Å²) in [6.45, 7) is 11.0. The van der Waals surface area contributed by atoms with E-state index in [1.54, 1.807) is 27.7 Å². The number of nitrogens with zero attached hydrogens (tertiary/aromatic N) is 4. The lowest BCUT2D eigenvalue weighted by Crippen LogP contribution is -2.45. The number of carbonyl (C=O) groups excluding carboxylic acids is 1. The number of pyridine rings is 1. The Morgan fingerprint density at radius 3 is 2.62 bits per heavy atom. The Balaban J connectivity index is 2.21. The topological polar surface area (TPSA) is 98.0 Å². The lowest BCUT2D eigenvalue weighted by molar-refractivity contribution is -0.385. The molecular weight excluding hydrogens is 340 g/mol. The molecule has 1 saturated heterocycles. The molecule has 0 aromatic carbocycles. The first kappa shape index (κ1) is 20.1. The molecule has 9 heteroatoms. The SMILES string of the molecule is Cc1cc([N+](=O)[O-])cnc1N(CCN1CCOCC1)C(=O)OC(C)(C)C. The van der Waals surface area contributed by atoms with E-state index in [4.69, 9.17) is 9.47 Å². The molecule has 144 valence electrons. The number of anilines is 1. The van der Waals surface area contributed by atoms with Crippen LogP contribution < -0.4 is 4.90 Å². The van der Waals surface area contributed by atoms with Crippen LogP contribution in [-0.2, 0) is 9.47 Å². The predicted octanol–water partition coefficient (Wildman–Crippen LogP) is 2.37. The Bertz CT molecular complexity index is 653. The molecule has 26 heavy (non-hydrogen) atoms. The summed E-state index contributed by atoms with van der Waals surface area (Å²) >= 11 is 0. The van der Waals surface area contributed by atoms with Crippen LogP contribution in [0.2, 0.25) is 0 Å². The van der Waals surface area contributed by atoms with Crippen LogP contribution >= 0.6 is 0 Å². The number of ether oxygens (including phenoxy) is 2. The Morgan fingerprint density at radius 1 is 1.42 bits per heavy atom. The average Bonchev–Trinajstić information content (AvgIpc) is 2.55. The van der Waals surface area contributed by atoms with E-state index >= 15 is 0 Å². The van der Waals surface area contributed by atoms with E-state index < -0.39 is 16.6 Å². The van der Waals surface area contributed by atoms with Crippen molar-refractivity contribution < 1.29 is 19.2 Å². The normalized spacial score (nSPS) is 15.5. The van der Waals surface area contributed by atoms with Gasteiger partial charge in [0.1, 0.15) is 17.6 Å². The van der Waals surface area contributed by atoms with Crippen molar-refractivity contribution in [3.05, 3.63) is 27.9 Å². The number of morpholine rings is 1. The fourth-order valence-corrected chi connectivity index (χ4v) is 2.60. The van der Waals surface area contributed by atoms with E-state index in [0.717, 1.165) is 19.3 Å². The van der Waals surface area contributed by atoms with E-state index in [2.05, 4.69) is 9.88 Å². The molecule has 0 radical (unpaired) electrons. The van der Waals surface area contributed by atoms with Gasteiger partial charge in [0.2, 0.25) is 0 Å². The van der Waals surface area contributed by atoms with E-state index in [9.17, 15) is 14.9 Å². The minimum atomic E-state index is -0.650. The first-order chi connectivity index (χ1) is 12.2. The van der Waals surface area contributed by atoms with E-state index in [0.29, 0.717) is 37.7 Å². The summed E-state index contributed by atoms with van der Waals surface area (Å²) in [5, 5.41) is 10.9. The van der Waals surface area contributed by atoms with Crippen LogP contribution in [0.5, 0.6) is 0 Å². The molecule has 0 unspecified atom stereocenters. The van der Waals surface area contributed by atoms with Gasteiger partial charge < -0.3 is 9.47 Å². The summed E-state index contributed by atoms with van der Waals surface area (Å²) in [7, 11) is 0. The quantitative estimate of drug-likeness (QED) is 0.583. The van der Waals surface area contributed by atoms with Crippen molar-refractivity contribution in [1.29, 1.82) is 0 Å². The molecule has 0 atom stereocenters. The molecule has 1 aromatic rings. The zero-order valence-corrected chi connectivity index (χ0v) is 15.7. The Morgan fingerprint density at radius 2 is 2.08 bits per heavy atom. The molecule has 0 spiro atoms. The van der Waals surface area contributed by atoms with Crippen LogP contribution in [0, 0.1) is 17.0 Å². The first-order valence-corrected chi connectivity index (χ1v) is 8.59. The number of rotatable bonds is 5. The summed E-state index contributed by atoms with van der Waals surface area (Å²) in [5.74, 6) is 0.373. The van der Waals surface area contributed by atoms with Crippen LogP contribution in [0.1, 0.15) is 26.3 Å². The van der Waals surface area contributed by atoms with E-state index in [1.165, 1.54) is 11.0 Å². The number of hydrogen-bond acceptors (Lipinski definition) is 7. The van der Waals surface area contributed by atoms with Crippen LogP contribution in [0.3, 0.4) is 0 Å². The van der Waals surface area contributed by atoms with Gasteiger partial charge in [-0.25, -0.2) is 9.78 Å². The molecule has 1 aliphatic heterocycles. The maximum Gasteiger partial charge on any atom is 0.416 e. The van der Waals surface area contributed by atoms with Crippen LogP contribution in [0.15, 0.2) is 12.3 Å². The number of hydrogen-bond donors (Lipinski definition) is 0. The van der Waals surface area contributed by atoms with Crippen molar-refractivity contribution in [2.24, 2.45) is 0 Å². The molecule has 0 bridgehead atoms. The lowest BCUT2D eigenvalue weighted by atomic mass is 10.2. The summed E-state index contributed by atoms with van der Waals surface area (Å²) in [6.07, 6.45) is 0.643. The number of aryl methyl sites for hydroxylation is 1. The zero-order chi connectivity index (χ0) is 19.3. The lowest BCUT2D eigenvalue weighted by Gasteiger charge is -2.31. The van der Waals surface area contributed by atoms with Crippen LogP contribution in [0.25, 0.3) is 0 Å². The highest BCUT2D eigenvalue weighted by molar-refractivity contribution is 5.87. The number of amides is 1. The largest absolute Gasteiger partial charge is 0.443 e. The third-order valence-electron chi connectivity index (χ3n) is 3.86. The van der Waals surface area contributed by atoms with Gasteiger partial charge >= 0.3 is 6.09 Å². The minimum absolute atomic E-state index is 0.108. The second kappa shape index (κ2) is 8.41. The third-order valence-corrected chi connectivity index (χ3v) is 3.86.